The van der Waals surface area contributed by atoms with Crippen molar-refractivity contribution >= 4 is 29.0 Å². The van der Waals surface area contributed by atoms with Crippen LogP contribution in [0.2, 0.25) is 0 Å². The van der Waals surface area contributed by atoms with Crippen molar-refractivity contribution in [2.75, 3.05) is 5.32 Å². The van der Waals surface area contributed by atoms with Crippen molar-refractivity contribution in [2.45, 2.75) is 20.4 Å². The standard InChI is InChI=1S/C14H15N3O3S/c1-8-3-9(2)12(11(4-8)13(18)19)17-14(20)15-5-10-6-21-7-16-10/h3-4,6-7H,5H2,1-2H3,(H,18,19)(H2,15,17,20). The number of hydrogen-bond donors (Lipinski definition) is 3. The van der Waals surface area contributed by atoms with Gasteiger partial charge < -0.3 is 15.7 Å². The summed E-state index contributed by atoms with van der Waals surface area (Å²) in [5.41, 5.74) is 4.37. The number of aryl methyl sites for hydroxylation is 2. The van der Waals surface area contributed by atoms with E-state index in [1.54, 1.807) is 12.4 Å². The minimum Gasteiger partial charge on any atom is -0.478 e. The summed E-state index contributed by atoms with van der Waals surface area (Å²) in [4.78, 5) is 27.2. The van der Waals surface area contributed by atoms with E-state index in [1.165, 1.54) is 17.4 Å². The molecule has 1 aromatic carbocycles. The normalized spacial score (nSPS) is 10.2. The first-order valence-electron chi connectivity index (χ1n) is 6.24. The van der Waals surface area contributed by atoms with E-state index < -0.39 is 12.0 Å². The molecule has 0 saturated carbocycles. The van der Waals surface area contributed by atoms with Crippen molar-refractivity contribution in [3.05, 3.63) is 45.4 Å². The van der Waals surface area contributed by atoms with Gasteiger partial charge in [0.05, 0.1) is 29.0 Å². The second-order valence-corrected chi connectivity index (χ2v) is 5.32. The van der Waals surface area contributed by atoms with Crippen LogP contribution < -0.4 is 10.6 Å². The summed E-state index contributed by atoms with van der Waals surface area (Å²) in [5, 5.41) is 16.3. The molecule has 6 nitrogen and oxygen atoms in total. The van der Waals surface area contributed by atoms with Crippen molar-refractivity contribution in [3.8, 4) is 0 Å². The van der Waals surface area contributed by atoms with E-state index in [1.807, 2.05) is 18.4 Å². The smallest absolute Gasteiger partial charge is 0.337 e. The molecule has 7 heteroatoms. The Morgan fingerprint density at radius 2 is 2.10 bits per heavy atom. The van der Waals surface area contributed by atoms with Crippen LogP contribution in [0, 0.1) is 13.8 Å². The Hall–Kier alpha value is -2.41. The number of carboxylic acids is 1. The maximum atomic E-state index is 11.9. The molecule has 0 fully saturated rings. The third-order valence-corrected chi connectivity index (χ3v) is 3.50. The number of nitrogens with zero attached hydrogens (tertiary/aromatic N) is 1. The summed E-state index contributed by atoms with van der Waals surface area (Å²) >= 11 is 1.45. The predicted molar refractivity (Wildman–Crippen MR) is 80.8 cm³/mol. The molecule has 0 bridgehead atoms. The Morgan fingerprint density at radius 3 is 2.71 bits per heavy atom. The minimum atomic E-state index is -1.07. The summed E-state index contributed by atoms with van der Waals surface area (Å²) in [6.07, 6.45) is 0. The van der Waals surface area contributed by atoms with E-state index >= 15 is 0 Å². The summed E-state index contributed by atoms with van der Waals surface area (Å²) in [6.45, 7) is 3.86. The molecule has 1 heterocycles. The van der Waals surface area contributed by atoms with Gasteiger partial charge in [0.15, 0.2) is 0 Å². The number of carboxylic acid groups (broad SMARTS) is 1. The second-order valence-electron chi connectivity index (χ2n) is 4.60. The number of carbonyl (C=O) groups is 2. The average molecular weight is 305 g/mol. The van der Waals surface area contributed by atoms with Crippen LogP contribution in [0.15, 0.2) is 23.0 Å². The van der Waals surface area contributed by atoms with Gasteiger partial charge in [0.2, 0.25) is 0 Å². The zero-order valence-corrected chi connectivity index (χ0v) is 12.5. The maximum absolute atomic E-state index is 11.9. The van der Waals surface area contributed by atoms with Crippen LogP contribution >= 0.6 is 11.3 Å². The number of nitrogens with one attached hydrogen (secondary N) is 2. The van der Waals surface area contributed by atoms with Crippen LogP contribution in [-0.4, -0.2) is 22.1 Å². The van der Waals surface area contributed by atoms with E-state index in [0.717, 1.165) is 11.3 Å². The summed E-state index contributed by atoms with van der Waals surface area (Å²) < 4.78 is 0. The number of hydrogen-bond acceptors (Lipinski definition) is 4. The lowest BCUT2D eigenvalue weighted by atomic mass is 10.0. The quantitative estimate of drug-likeness (QED) is 0.810. The molecule has 0 radical (unpaired) electrons. The Bertz CT molecular complexity index is 668. The molecule has 0 aliphatic heterocycles. The van der Waals surface area contributed by atoms with Gasteiger partial charge >= 0.3 is 12.0 Å². The first-order chi connectivity index (χ1) is 9.97. The molecule has 1 aromatic heterocycles. The van der Waals surface area contributed by atoms with Crippen LogP contribution in [-0.2, 0) is 6.54 Å². The number of amides is 2. The molecule has 21 heavy (non-hydrogen) atoms. The molecule has 0 atom stereocenters. The second kappa shape index (κ2) is 6.36. The number of benzene rings is 1. The fraction of sp³-hybridized carbons (Fsp3) is 0.214. The molecule has 0 spiro atoms. The number of rotatable bonds is 4. The van der Waals surface area contributed by atoms with Gasteiger partial charge in [0.25, 0.3) is 0 Å². The van der Waals surface area contributed by atoms with Crippen LogP contribution in [0.5, 0.6) is 0 Å². The van der Waals surface area contributed by atoms with Gasteiger partial charge in [-0.3, -0.25) is 0 Å². The van der Waals surface area contributed by atoms with Crippen LogP contribution in [0.1, 0.15) is 27.2 Å². The number of anilines is 1. The zero-order valence-electron chi connectivity index (χ0n) is 11.6. The highest BCUT2D eigenvalue weighted by Gasteiger charge is 2.15. The van der Waals surface area contributed by atoms with Gasteiger partial charge in [-0.15, -0.1) is 11.3 Å². The Kier molecular flexibility index (Phi) is 4.54. The maximum Gasteiger partial charge on any atom is 0.337 e. The van der Waals surface area contributed by atoms with E-state index in [0.29, 0.717) is 17.8 Å². The first-order valence-corrected chi connectivity index (χ1v) is 7.18. The zero-order chi connectivity index (χ0) is 15.4. The number of urea groups is 1. The minimum absolute atomic E-state index is 0.0799. The number of aromatic carboxylic acids is 1. The van der Waals surface area contributed by atoms with Gasteiger partial charge in [0.1, 0.15) is 0 Å². The van der Waals surface area contributed by atoms with Crippen molar-refractivity contribution < 1.29 is 14.7 Å². The topological polar surface area (TPSA) is 91.3 Å². The summed E-state index contributed by atoms with van der Waals surface area (Å²) in [5.74, 6) is -1.07. The van der Waals surface area contributed by atoms with E-state index in [9.17, 15) is 14.7 Å². The molecule has 0 aliphatic rings. The van der Waals surface area contributed by atoms with Gasteiger partial charge in [-0.05, 0) is 31.0 Å². The summed E-state index contributed by atoms with van der Waals surface area (Å²) in [6, 6.07) is 2.89. The van der Waals surface area contributed by atoms with E-state index in [-0.39, 0.29) is 5.56 Å². The first kappa shape index (κ1) is 15.0. The number of carbonyl (C=O) groups excluding carboxylic acids is 1. The highest BCUT2D eigenvalue weighted by Crippen LogP contribution is 2.22. The number of thiazole rings is 1. The highest BCUT2D eigenvalue weighted by atomic mass is 32.1. The third kappa shape index (κ3) is 3.79. The van der Waals surface area contributed by atoms with Gasteiger partial charge in [-0.1, -0.05) is 6.07 Å². The fourth-order valence-corrected chi connectivity index (χ4v) is 2.51. The Morgan fingerprint density at radius 1 is 1.33 bits per heavy atom. The Balaban J connectivity index is 2.11. The largest absolute Gasteiger partial charge is 0.478 e. The lowest BCUT2D eigenvalue weighted by molar-refractivity contribution is 0.0698. The van der Waals surface area contributed by atoms with Gasteiger partial charge in [-0.2, -0.15) is 0 Å². The van der Waals surface area contributed by atoms with Crippen LogP contribution in [0.25, 0.3) is 0 Å². The lowest BCUT2D eigenvalue weighted by Gasteiger charge is -2.13. The fourth-order valence-electron chi connectivity index (χ4n) is 1.96. The van der Waals surface area contributed by atoms with Gasteiger partial charge in [-0.25, -0.2) is 14.6 Å². The number of aromatic nitrogens is 1. The molecule has 0 saturated heterocycles. The average Bonchev–Trinajstić information content (AvgIpc) is 2.92. The van der Waals surface area contributed by atoms with Crippen LogP contribution in [0.4, 0.5) is 10.5 Å². The highest BCUT2D eigenvalue weighted by molar-refractivity contribution is 7.07. The lowest BCUT2D eigenvalue weighted by Crippen LogP contribution is -2.29. The molecule has 2 rings (SSSR count). The Labute approximate surface area is 125 Å². The monoisotopic (exact) mass is 305 g/mol. The van der Waals surface area contributed by atoms with Crippen molar-refractivity contribution in [2.24, 2.45) is 0 Å². The van der Waals surface area contributed by atoms with E-state index in [4.69, 9.17) is 0 Å². The molecule has 2 amide bonds. The molecule has 110 valence electrons. The molecule has 2 aromatic rings. The molecular formula is C14H15N3O3S. The predicted octanol–water partition coefficient (Wildman–Crippen LogP) is 2.78. The SMILES string of the molecule is Cc1cc(C)c(NC(=O)NCc2cscn2)c(C(=O)O)c1. The van der Waals surface area contributed by atoms with Crippen molar-refractivity contribution in [1.29, 1.82) is 0 Å². The van der Waals surface area contributed by atoms with Crippen molar-refractivity contribution in [1.82, 2.24) is 10.3 Å². The van der Waals surface area contributed by atoms with E-state index in [2.05, 4.69) is 15.6 Å². The molecule has 0 aliphatic carbocycles. The molecular weight excluding hydrogens is 290 g/mol. The van der Waals surface area contributed by atoms with Gasteiger partial charge in [0, 0.05) is 5.38 Å². The molecule has 0 unspecified atom stereocenters. The molecule has 3 N–H and O–H groups in total. The van der Waals surface area contributed by atoms with Crippen molar-refractivity contribution in [3.63, 3.8) is 0 Å². The summed E-state index contributed by atoms with van der Waals surface area (Å²) in [7, 11) is 0. The third-order valence-electron chi connectivity index (χ3n) is 2.86. The van der Waals surface area contributed by atoms with Crippen LogP contribution in [0.3, 0.4) is 0 Å².